The molecule has 0 saturated heterocycles. The van der Waals surface area contributed by atoms with Crippen LogP contribution in [0.3, 0.4) is 0 Å². The molecule has 0 bridgehead atoms. The lowest BCUT2D eigenvalue weighted by Gasteiger charge is -2.11. The molecule has 0 atom stereocenters. The molecule has 18 heavy (non-hydrogen) atoms. The molecular formula is C13H16BrNO3. The van der Waals surface area contributed by atoms with Crippen LogP contribution in [0.25, 0.3) is 0 Å². The predicted molar refractivity (Wildman–Crippen MR) is 74.9 cm³/mol. The number of ketones is 1. The number of carbonyl (C=O) groups excluding carboxylic acids is 1. The van der Waals surface area contributed by atoms with Gasteiger partial charge in [-0.2, -0.15) is 0 Å². The number of rotatable bonds is 3. The highest BCUT2D eigenvalue weighted by Crippen LogP contribution is 2.35. The van der Waals surface area contributed by atoms with Crippen molar-refractivity contribution >= 4 is 27.9 Å². The van der Waals surface area contributed by atoms with E-state index in [1.807, 2.05) is 20.8 Å². The second kappa shape index (κ2) is 5.52. The first-order valence-electron chi connectivity index (χ1n) is 5.40. The van der Waals surface area contributed by atoms with Crippen molar-refractivity contribution in [2.24, 2.45) is 4.99 Å². The van der Waals surface area contributed by atoms with Crippen LogP contribution in [0.2, 0.25) is 0 Å². The van der Waals surface area contributed by atoms with Crippen LogP contribution in [0, 0.1) is 0 Å². The summed E-state index contributed by atoms with van der Waals surface area (Å²) in [7, 11) is 1.43. The van der Waals surface area contributed by atoms with Crippen LogP contribution in [0.15, 0.2) is 21.6 Å². The van der Waals surface area contributed by atoms with Crippen molar-refractivity contribution in [1.82, 2.24) is 0 Å². The molecule has 98 valence electrons. The number of aliphatic imine (C=N–C) groups is 1. The molecule has 0 radical (unpaired) electrons. The molecule has 0 aliphatic rings. The lowest BCUT2D eigenvalue weighted by molar-refractivity contribution is 0.106. The Bertz CT molecular complexity index is 490. The first kappa shape index (κ1) is 14.7. The Labute approximate surface area is 115 Å². The van der Waals surface area contributed by atoms with Gasteiger partial charge >= 0.3 is 0 Å². The first-order chi connectivity index (χ1) is 8.24. The number of ether oxygens (including phenoxy) is 1. The van der Waals surface area contributed by atoms with Crippen LogP contribution in [-0.2, 0) is 0 Å². The number of carbonyl (C=O) groups is 1. The smallest absolute Gasteiger partial charge is 0.203 e. The van der Waals surface area contributed by atoms with E-state index in [0.29, 0.717) is 10.0 Å². The highest BCUT2D eigenvalue weighted by molar-refractivity contribution is 9.10. The van der Waals surface area contributed by atoms with Gasteiger partial charge in [-0.1, -0.05) is 0 Å². The quantitative estimate of drug-likeness (QED) is 0.688. The van der Waals surface area contributed by atoms with Crippen molar-refractivity contribution in [3.8, 4) is 11.5 Å². The molecule has 0 unspecified atom stereocenters. The maximum Gasteiger partial charge on any atom is 0.203 e. The average molecular weight is 314 g/mol. The summed E-state index contributed by atoms with van der Waals surface area (Å²) in [6, 6.07) is 3.02. The number of phenols is 1. The number of hydrogen-bond acceptors (Lipinski definition) is 4. The fourth-order valence-corrected chi connectivity index (χ4v) is 1.64. The minimum absolute atomic E-state index is 0.0261. The van der Waals surface area contributed by atoms with Gasteiger partial charge in [0, 0.05) is 5.56 Å². The Hall–Kier alpha value is -1.36. The Morgan fingerprint density at radius 1 is 1.44 bits per heavy atom. The summed E-state index contributed by atoms with van der Waals surface area (Å²) in [5, 5.41) is 9.65. The summed E-state index contributed by atoms with van der Waals surface area (Å²) in [5.41, 5.74) is 0.109. The zero-order chi connectivity index (χ0) is 13.9. The van der Waals surface area contributed by atoms with Crippen LogP contribution in [0.1, 0.15) is 31.1 Å². The number of Topliss-reactive ketones (excluding diaryl/α,β-unsaturated/α-hetero) is 1. The highest BCUT2D eigenvalue weighted by Gasteiger charge is 2.13. The molecule has 0 aliphatic carbocycles. The van der Waals surface area contributed by atoms with Crippen molar-refractivity contribution in [2.75, 3.05) is 7.11 Å². The van der Waals surface area contributed by atoms with Crippen molar-refractivity contribution in [3.05, 3.63) is 22.2 Å². The van der Waals surface area contributed by atoms with E-state index >= 15 is 0 Å². The molecule has 1 aromatic rings. The third-order valence-corrected chi connectivity index (χ3v) is 2.71. The van der Waals surface area contributed by atoms with Gasteiger partial charge in [-0.3, -0.25) is 9.79 Å². The van der Waals surface area contributed by atoms with Crippen molar-refractivity contribution in [3.63, 3.8) is 0 Å². The number of halogens is 1. The summed E-state index contributed by atoms with van der Waals surface area (Å²) in [6.07, 6.45) is 1.29. The maximum atomic E-state index is 11.9. The van der Waals surface area contributed by atoms with Gasteiger partial charge in [0.05, 0.1) is 23.3 Å². The lowest BCUT2D eigenvalue weighted by Crippen LogP contribution is -2.12. The molecule has 0 amide bonds. The Kier molecular flexibility index (Phi) is 4.51. The Balaban J connectivity index is 3.08. The number of hydrogen-bond donors (Lipinski definition) is 1. The molecule has 0 heterocycles. The Morgan fingerprint density at radius 2 is 2.06 bits per heavy atom. The number of benzene rings is 1. The fraction of sp³-hybridized carbons (Fsp3) is 0.385. The molecule has 0 aliphatic heterocycles. The standard InChI is InChI=1S/C13H16BrNO3/c1-13(2,3)15-7-10(16)8-5-9(14)12(17)11(6-8)18-4/h5-7,17H,1-4H3. The molecule has 1 N–H and O–H groups in total. The summed E-state index contributed by atoms with van der Waals surface area (Å²) < 4.78 is 5.40. The zero-order valence-electron chi connectivity index (χ0n) is 10.8. The molecule has 5 heteroatoms. The topological polar surface area (TPSA) is 58.9 Å². The monoisotopic (exact) mass is 313 g/mol. The van der Waals surface area contributed by atoms with E-state index in [1.165, 1.54) is 25.5 Å². The third kappa shape index (κ3) is 3.84. The largest absolute Gasteiger partial charge is 0.503 e. The van der Waals surface area contributed by atoms with E-state index in [1.54, 1.807) is 0 Å². The molecule has 1 aromatic carbocycles. The van der Waals surface area contributed by atoms with Gasteiger partial charge in [-0.15, -0.1) is 0 Å². The third-order valence-electron chi connectivity index (χ3n) is 2.10. The van der Waals surface area contributed by atoms with Gasteiger partial charge in [0.15, 0.2) is 11.5 Å². The van der Waals surface area contributed by atoms with E-state index in [0.717, 1.165) is 0 Å². The number of aromatic hydroxyl groups is 1. The van der Waals surface area contributed by atoms with E-state index in [2.05, 4.69) is 20.9 Å². The van der Waals surface area contributed by atoms with Crippen molar-refractivity contribution in [1.29, 1.82) is 0 Å². The lowest BCUT2D eigenvalue weighted by atomic mass is 10.1. The molecule has 0 aromatic heterocycles. The van der Waals surface area contributed by atoms with Gasteiger partial charge < -0.3 is 9.84 Å². The predicted octanol–water partition coefficient (Wildman–Crippen LogP) is 3.22. The summed E-state index contributed by atoms with van der Waals surface area (Å²) >= 11 is 3.17. The molecule has 1 rings (SSSR count). The maximum absolute atomic E-state index is 11.9. The minimum atomic E-state index is -0.298. The van der Waals surface area contributed by atoms with Gasteiger partial charge in [0.25, 0.3) is 0 Å². The summed E-state index contributed by atoms with van der Waals surface area (Å²) in [4.78, 5) is 16.1. The van der Waals surface area contributed by atoms with Crippen LogP contribution in [-0.4, -0.2) is 29.8 Å². The van der Waals surface area contributed by atoms with Crippen molar-refractivity contribution in [2.45, 2.75) is 26.3 Å². The van der Waals surface area contributed by atoms with Gasteiger partial charge in [0.1, 0.15) is 0 Å². The first-order valence-corrected chi connectivity index (χ1v) is 6.20. The van der Waals surface area contributed by atoms with Crippen LogP contribution in [0.5, 0.6) is 11.5 Å². The van der Waals surface area contributed by atoms with Crippen LogP contribution < -0.4 is 4.74 Å². The highest BCUT2D eigenvalue weighted by atomic mass is 79.9. The SMILES string of the molecule is COc1cc(C(=O)C=NC(C)(C)C)cc(Br)c1O. The fourth-order valence-electron chi connectivity index (χ4n) is 1.20. The molecule has 4 nitrogen and oxygen atoms in total. The van der Waals surface area contributed by atoms with Crippen LogP contribution >= 0.6 is 15.9 Å². The van der Waals surface area contributed by atoms with Gasteiger partial charge in [-0.05, 0) is 48.8 Å². The second-order valence-electron chi connectivity index (χ2n) is 4.80. The Morgan fingerprint density at radius 3 is 2.56 bits per heavy atom. The van der Waals surface area contributed by atoms with E-state index in [-0.39, 0.29) is 22.8 Å². The number of phenolic OH excluding ortho intramolecular Hbond substituents is 1. The number of methoxy groups -OCH3 is 1. The van der Waals surface area contributed by atoms with Crippen LogP contribution in [0.4, 0.5) is 0 Å². The van der Waals surface area contributed by atoms with E-state index < -0.39 is 0 Å². The minimum Gasteiger partial charge on any atom is -0.503 e. The summed E-state index contributed by atoms with van der Waals surface area (Å²) in [5.74, 6) is -0.0115. The molecular weight excluding hydrogens is 298 g/mol. The normalized spacial score (nSPS) is 11.8. The molecule has 0 fully saturated rings. The molecule has 0 spiro atoms. The zero-order valence-corrected chi connectivity index (χ0v) is 12.4. The molecule has 0 saturated carbocycles. The van der Waals surface area contributed by atoms with Gasteiger partial charge in [-0.25, -0.2) is 0 Å². The van der Waals surface area contributed by atoms with E-state index in [9.17, 15) is 9.90 Å². The van der Waals surface area contributed by atoms with Crippen molar-refractivity contribution < 1.29 is 14.6 Å². The van der Waals surface area contributed by atoms with Gasteiger partial charge in [0.2, 0.25) is 5.78 Å². The summed E-state index contributed by atoms with van der Waals surface area (Å²) in [6.45, 7) is 5.72. The average Bonchev–Trinajstić information content (AvgIpc) is 2.28. The van der Waals surface area contributed by atoms with E-state index in [4.69, 9.17) is 4.74 Å². The second-order valence-corrected chi connectivity index (χ2v) is 5.66. The number of nitrogens with zero attached hydrogens (tertiary/aromatic N) is 1.